The van der Waals surface area contributed by atoms with Crippen molar-refractivity contribution < 1.29 is 9.21 Å². The lowest BCUT2D eigenvalue weighted by molar-refractivity contribution is 0.0922. The van der Waals surface area contributed by atoms with Crippen molar-refractivity contribution in [1.29, 1.82) is 0 Å². The zero-order valence-corrected chi connectivity index (χ0v) is 19.6. The minimum Gasteiger partial charge on any atom is -0.459 e. The molecule has 1 amide bonds. The lowest BCUT2D eigenvalue weighted by atomic mass is 10.2. The van der Waals surface area contributed by atoms with Crippen molar-refractivity contribution in [2.45, 2.75) is 17.5 Å². The maximum atomic E-state index is 12.2. The first-order valence-corrected chi connectivity index (χ1v) is 11.6. The third-order valence-corrected chi connectivity index (χ3v) is 6.28. The van der Waals surface area contributed by atoms with Crippen LogP contribution >= 0.6 is 43.6 Å². The Kier molecular flexibility index (Phi) is 6.71. The van der Waals surface area contributed by atoms with E-state index in [1.54, 1.807) is 23.9 Å². The summed E-state index contributed by atoms with van der Waals surface area (Å²) >= 11 is 8.51. The Labute approximate surface area is 194 Å². The Morgan fingerprint density at radius 1 is 1.00 bits per heavy atom. The van der Waals surface area contributed by atoms with E-state index in [0.717, 1.165) is 25.5 Å². The number of rotatable bonds is 7. The minimum atomic E-state index is -0.297. The molecular weight excluding hydrogens is 532 g/mol. The summed E-state index contributed by atoms with van der Waals surface area (Å²) in [5, 5.41) is 12.3. The van der Waals surface area contributed by atoms with Crippen LogP contribution in [-0.2, 0) is 12.3 Å². The smallest absolute Gasteiger partial charge is 0.287 e. The van der Waals surface area contributed by atoms with Gasteiger partial charge in [0.05, 0.1) is 12.8 Å². The second kappa shape index (κ2) is 9.63. The maximum absolute atomic E-state index is 12.2. The molecule has 2 aromatic carbocycles. The van der Waals surface area contributed by atoms with E-state index in [4.69, 9.17) is 4.42 Å². The zero-order valence-electron chi connectivity index (χ0n) is 15.6. The van der Waals surface area contributed by atoms with Gasteiger partial charge in [-0.25, -0.2) is 0 Å². The molecule has 0 saturated carbocycles. The standard InChI is InChI=1S/C21H16Br2N4O2S/c22-15-5-3-14(4-6-15)13-30-21-26-25-19(12-24-20(28)18-2-1-11-29-18)27(21)17-9-7-16(23)8-10-17/h1-11H,12-13H2,(H,24,28). The minimum absolute atomic E-state index is 0.224. The van der Waals surface area contributed by atoms with Gasteiger partial charge in [0.25, 0.3) is 5.91 Å². The molecule has 6 nitrogen and oxygen atoms in total. The van der Waals surface area contributed by atoms with Crippen LogP contribution in [0.1, 0.15) is 21.9 Å². The maximum Gasteiger partial charge on any atom is 0.287 e. The van der Waals surface area contributed by atoms with Crippen LogP contribution in [0.2, 0.25) is 0 Å². The first-order chi connectivity index (χ1) is 14.6. The molecule has 0 spiro atoms. The zero-order chi connectivity index (χ0) is 20.9. The van der Waals surface area contributed by atoms with Crippen LogP contribution in [0.4, 0.5) is 0 Å². The lowest BCUT2D eigenvalue weighted by Gasteiger charge is -2.11. The topological polar surface area (TPSA) is 73.0 Å². The molecule has 2 heterocycles. The first-order valence-electron chi connectivity index (χ1n) is 8.99. The van der Waals surface area contributed by atoms with Gasteiger partial charge in [-0.05, 0) is 54.1 Å². The van der Waals surface area contributed by atoms with E-state index in [1.807, 2.05) is 41.0 Å². The number of aromatic nitrogens is 3. The molecule has 152 valence electrons. The highest BCUT2D eigenvalue weighted by Gasteiger charge is 2.16. The average molecular weight is 548 g/mol. The molecule has 2 aromatic heterocycles. The second-order valence-electron chi connectivity index (χ2n) is 6.29. The van der Waals surface area contributed by atoms with Crippen molar-refractivity contribution >= 4 is 49.5 Å². The van der Waals surface area contributed by atoms with Crippen molar-refractivity contribution in [2.75, 3.05) is 0 Å². The Bertz CT molecular complexity index is 1130. The fraction of sp³-hybridized carbons (Fsp3) is 0.0952. The van der Waals surface area contributed by atoms with E-state index in [0.29, 0.717) is 5.82 Å². The Balaban J connectivity index is 1.57. The highest BCUT2D eigenvalue weighted by molar-refractivity contribution is 9.10. The molecule has 0 atom stereocenters. The number of nitrogens with one attached hydrogen (secondary N) is 1. The third kappa shape index (κ3) is 5.03. The number of amides is 1. The number of furan rings is 1. The highest BCUT2D eigenvalue weighted by Crippen LogP contribution is 2.26. The Morgan fingerprint density at radius 2 is 1.70 bits per heavy atom. The molecule has 0 aliphatic heterocycles. The monoisotopic (exact) mass is 546 g/mol. The van der Waals surface area contributed by atoms with Gasteiger partial charge in [-0.15, -0.1) is 10.2 Å². The molecule has 4 rings (SSSR count). The number of benzene rings is 2. The van der Waals surface area contributed by atoms with Gasteiger partial charge in [0, 0.05) is 20.4 Å². The average Bonchev–Trinajstić information content (AvgIpc) is 3.43. The number of thioether (sulfide) groups is 1. The Morgan fingerprint density at radius 3 is 2.37 bits per heavy atom. The molecule has 0 saturated heterocycles. The summed E-state index contributed by atoms with van der Waals surface area (Å²) in [4.78, 5) is 12.2. The molecule has 4 aromatic rings. The molecule has 0 unspecified atom stereocenters. The van der Waals surface area contributed by atoms with Gasteiger partial charge < -0.3 is 9.73 Å². The van der Waals surface area contributed by atoms with Crippen LogP contribution in [0.5, 0.6) is 0 Å². The summed E-state index contributed by atoms with van der Waals surface area (Å²) in [6.45, 7) is 0.224. The summed E-state index contributed by atoms with van der Waals surface area (Å²) < 4.78 is 9.13. The van der Waals surface area contributed by atoms with Gasteiger partial charge in [-0.3, -0.25) is 9.36 Å². The van der Waals surface area contributed by atoms with Crippen molar-refractivity contribution in [2.24, 2.45) is 0 Å². The van der Waals surface area contributed by atoms with E-state index in [2.05, 4.69) is 59.5 Å². The normalized spacial score (nSPS) is 10.9. The van der Waals surface area contributed by atoms with Gasteiger partial charge in [-0.1, -0.05) is 55.8 Å². The molecule has 0 radical (unpaired) electrons. The second-order valence-corrected chi connectivity index (χ2v) is 9.06. The number of carbonyl (C=O) groups is 1. The largest absolute Gasteiger partial charge is 0.459 e. The third-order valence-electron chi connectivity index (χ3n) is 4.22. The number of carbonyl (C=O) groups excluding carboxylic acids is 1. The van der Waals surface area contributed by atoms with Crippen molar-refractivity contribution in [3.63, 3.8) is 0 Å². The first kappa shape index (κ1) is 20.9. The number of hydrogen-bond acceptors (Lipinski definition) is 5. The molecular formula is C21H16Br2N4O2S. The lowest BCUT2D eigenvalue weighted by Crippen LogP contribution is -2.24. The van der Waals surface area contributed by atoms with Crippen LogP contribution in [0.15, 0.2) is 85.4 Å². The summed E-state index contributed by atoms with van der Waals surface area (Å²) in [6.07, 6.45) is 1.47. The van der Waals surface area contributed by atoms with E-state index in [1.165, 1.54) is 11.8 Å². The fourth-order valence-electron chi connectivity index (χ4n) is 2.74. The molecule has 0 fully saturated rings. The van der Waals surface area contributed by atoms with Crippen LogP contribution in [0, 0.1) is 0 Å². The number of hydrogen-bond donors (Lipinski definition) is 1. The van der Waals surface area contributed by atoms with Crippen molar-refractivity contribution in [1.82, 2.24) is 20.1 Å². The molecule has 9 heteroatoms. The van der Waals surface area contributed by atoms with E-state index < -0.39 is 0 Å². The van der Waals surface area contributed by atoms with Crippen LogP contribution in [0.3, 0.4) is 0 Å². The van der Waals surface area contributed by atoms with Gasteiger partial charge >= 0.3 is 0 Å². The van der Waals surface area contributed by atoms with Gasteiger partial charge in [-0.2, -0.15) is 0 Å². The molecule has 1 N–H and O–H groups in total. The SMILES string of the molecule is O=C(NCc1nnc(SCc2ccc(Br)cc2)n1-c1ccc(Br)cc1)c1ccco1. The fourth-order valence-corrected chi connectivity index (χ4v) is 4.20. The predicted molar refractivity (Wildman–Crippen MR) is 123 cm³/mol. The van der Waals surface area contributed by atoms with Gasteiger partial charge in [0.2, 0.25) is 0 Å². The van der Waals surface area contributed by atoms with Gasteiger partial charge in [0.15, 0.2) is 16.7 Å². The van der Waals surface area contributed by atoms with E-state index in [-0.39, 0.29) is 18.2 Å². The van der Waals surface area contributed by atoms with Crippen LogP contribution < -0.4 is 5.32 Å². The summed E-state index contributed by atoms with van der Waals surface area (Å²) in [5.74, 6) is 1.35. The summed E-state index contributed by atoms with van der Waals surface area (Å²) in [7, 11) is 0. The molecule has 0 aliphatic rings. The van der Waals surface area contributed by atoms with Crippen molar-refractivity contribution in [3.05, 3.63) is 93.0 Å². The molecule has 30 heavy (non-hydrogen) atoms. The van der Waals surface area contributed by atoms with E-state index in [9.17, 15) is 4.79 Å². The van der Waals surface area contributed by atoms with Gasteiger partial charge in [0.1, 0.15) is 0 Å². The molecule has 0 aliphatic carbocycles. The Hall–Kier alpha value is -2.36. The van der Waals surface area contributed by atoms with E-state index >= 15 is 0 Å². The van der Waals surface area contributed by atoms with Crippen molar-refractivity contribution in [3.8, 4) is 5.69 Å². The predicted octanol–water partition coefficient (Wildman–Crippen LogP) is 5.61. The molecule has 0 bridgehead atoms. The number of nitrogens with zero attached hydrogens (tertiary/aromatic N) is 3. The summed E-state index contributed by atoms with van der Waals surface area (Å²) in [6, 6.07) is 19.4. The quantitative estimate of drug-likeness (QED) is 0.304. The van der Waals surface area contributed by atoms with Crippen LogP contribution in [0.25, 0.3) is 5.69 Å². The number of halogens is 2. The highest BCUT2D eigenvalue weighted by atomic mass is 79.9. The summed E-state index contributed by atoms with van der Waals surface area (Å²) in [5.41, 5.74) is 2.10. The van der Waals surface area contributed by atoms with Crippen LogP contribution in [-0.4, -0.2) is 20.7 Å².